The van der Waals surface area contributed by atoms with Crippen LogP contribution in [0, 0.1) is 0 Å². The Balaban J connectivity index is 2.46. The van der Waals surface area contributed by atoms with Crippen LogP contribution in [0.15, 0.2) is 35.5 Å². The molecule has 0 saturated heterocycles. The van der Waals surface area contributed by atoms with Gasteiger partial charge in [-0.25, -0.2) is 9.59 Å². The van der Waals surface area contributed by atoms with Crippen LogP contribution < -0.4 is 5.32 Å². The van der Waals surface area contributed by atoms with Crippen molar-refractivity contribution < 1.29 is 14.3 Å². The lowest BCUT2D eigenvalue weighted by molar-refractivity contribution is -0.136. The summed E-state index contributed by atoms with van der Waals surface area (Å²) in [6, 6.07) is 7.22. The quantitative estimate of drug-likeness (QED) is 0.873. The monoisotopic (exact) mass is 302 g/mol. The van der Waals surface area contributed by atoms with Crippen molar-refractivity contribution in [1.82, 2.24) is 10.2 Å². The van der Waals surface area contributed by atoms with Gasteiger partial charge in [-0.05, 0) is 24.0 Å². The number of hydrogen-bond donors (Lipinski definition) is 1. The summed E-state index contributed by atoms with van der Waals surface area (Å²) in [4.78, 5) is 25.6. The number of nitrogens with one attached hydrogen (secondary N) is 1. The van der Waals surface area contributed by atoms with Gasteiger partial charge in [-0.1, -0.05) is 38.1 Å². The van der Waals surface area contributed by atoms with Crippen LogP contribution in [0.2, 0.25) is 0 Å². The maximum absolute atomic E-state index is 12.1. The third-order valence-corrected chi connectivity index (χ3v) is 4.10. The number of nitrogens with zero attached hydrogens (tertiary/aromatic N) is 1. The van der Waals surface area contributed by atoms with Gasteiger partial charge in [-0.3, -0.25) is 0 Å². The first-order chi connectivity index (χ1) is 10.4. The molecule has 0 saturated carbocycles. The molecule has 1 aromatic carbocycles. The zero-order chi connectivity index (χ0) is 16.4. The van der Waals surface area contributed by atoms with E-state index in [1.165, 1.54) is 17.6 Å². The summed E-state index contributed by atoms with van der Waals surface area (Å²) in [5.41, 5.74) is 3.14. The standard InChI is InChI=1S/C17H22N2O3/c1-10(2)12-6-8-13(9-7-12)15-14(16(20)22-5)11(3)19(4)17(21)18-15/h6-10,15H,1-5H3,(H,18,21)/t15-/m0/s1. The molecule has 0 bridgehead atoms. The number of carbonyl (C=O) groups is 2. The van der Waals surface area contributed by atoms with Crippen molar-refractivity contribution in [3.63, 3.8) is 0 Å². The van der Waals surface area contributed by atoms with Crippen LogP contribution in [-0.4, -0.2) is 31.1 Å². The average molecular weight is 302 g/mol. The van der Waals surface area contributed by atoms with Crippen molar-refractivity contribution in [2.45, 2.75) is 32.7 Å². The average Bonchev–Trinajstić information content (AvgIpc) is 2.51. The molecule has 0 spiro atoms. The van der Waals surface area contributed by atoms with Gasteiger partial charge in [0, 0.05) is 12.7 Å². The highest BCUT2D eigenvalue weighted by molar-refractivity contribution is 5.94. The molecule has 1 aliphatic heterocycles. The van der Waals surface area contributed by atoms with Gasteiger partial charge in [-0.2, -0.15) is 0 Å². The Morgan fingerprint density at radius 3 is 2.36 bits per heavy atom. The van der Waals surface area contributed by atoms with Crippen molar-refractivity contribution in [3.05, 3.63) is 46.7 Å². The number of carbonyl (C=O) groups excluding carboxylic acids is 2. The Morgan fingerprint density at radius 2 is 1.86 bits per heavy atom. The van der Waals surface area contributed by atoms with Crippen LogP contribution in [0.1, 0.15) is 43.9 Å². The smallest absolute Gasteiger partial charge is 0.337 e. The number of ether oxygens (including phenoxy) is 1. The number of rotatable bonds is 3. The zero-order valence-corrected chi connectivity index (χ0v) is 13.6. The molecule has 5 nitrogen and oxygen atoms in total. The van der Waals surface area contributed by atoms with Crippen LogP contribution in [0.25, 0.3) is 0 Å². The highest BCUT2D eigenvalue weighted by Crippen LogP contribution is 2.31. The summed E-state index contributed by atoms with van der Waals surface area (Å²) in [6.45, 7) is 5.99. The third-order valence-electron chi connectivity index (χ3n) is 4.10. The Morgan fingerprint density at radius 1 is 1.27 bits per heavy atom. The largest absolute Gasteiger partial charge is 0.466 e. The second-order valence-corrected chi connectivity index (χ2v) is 5.75. The van der Waals surface area contributed by atoms with E-state index >= 15 is 0 Å². The number of allylic oxidation sites excluding steroid dienone is 1. The Kier molecular flexibility index (Phi) is 4.54. The van der Waals surface area contributed by atoms with E-state index < -0.39 is 12.0 Å². The predicted octanol–water partition coefficient (Wildman–Crippen LogP) is 2.95. The van der Waals surface area contributed by atoms with Gasteiger partial charge >= 0.3 is 12.0 Å². The number of amides is 2. The van der Waals surface area contributed by atoms with Gasteiger partial charge in [0.1, 0.15) is 0 Å². The van der Waals surface area contributed by atoms with Crippen LogP contribution >= 0.6 is 0 Å². The topological polar surface area (TPSA) is 58.6 Å². The van der Waals surface area contributed by atoms with Gasteiger partial charge in [0.25, 0.3) is 0 Å². The lowest BCUT2D eigenvalue weighted by Gasteiger charge is -2.33. The molecule has 1 aliphatic rings. The molecule has 0 radical (unpaired) electrons. The Hall–Kier alpha value is -2.30. The molecule has 118 valence electrons. The molecule has 5 heteroatoms. The number of esters is 1. The van der Waals surface area contributed by atoms with Crippen LogP contribution in [-0.2, 0) is 9.53 Å². The summed E-state index contributed by atoms with van der Waals surface area (Å²) in [6.07, 6.45) is 0. The van der Waals surface area contributed by atoms with Gasteiger partial charge in [0.2, 0.25) is 0 Å². The molecule has 1 atom stereocenters. The Bertz CT molecular complexity index is 617. The van der Waals surface area contributed by atoms with Crippen molar-refractivity contribution in [1.29, 1.82) is 0 Å². The van der Waals surface area contributed by atoms with Crippen LogP contribution in [0.5, 0.6) is 0 Å². The predicted molar refractivity (Wildman–Crippen MR) is 84.3 cm³/mol. The fraction of sp³-hybridized carbons (Fsp3) is 0.412. The zero-order valence-electron chi connectivity index (χ0n) is 13.6. The van der Waals surface area contributed by atoms with Gasteiger partial charge < -0.3 is 15.0 Å². The van der Waals surface area contributed by atoms with E-state index in [4.69, 9.17) is 4.74 Å². The molecule has 2 rings (SSSR count). The first-order valence-electron chi connectivity index (χ1n) is 7.30. The number of urea groups is 1. The molecule has 22 heavy (non-hydrogen) atoms. The minimum Gasteiger partial charge on any atom is -0.466 e. The Labute approximate surface area is 130 Å². The molecule has 1 N–H and O–H groups in total. The highest BCUT2D eigenvalue weighted by atomic mass is 16.5. The van der Waals surface area contributed by atoms with E-state index in [9.17, 15) is 9.59 Å². The SMILES string of the molecule is COC(=O)C1=C(C)N(C)C(=O)N[C@H]1c1ccc(C(C)C)cc1. The van der Waals surface area contributed by atoms with Gasteiger partial charge in [0.15, 0.2) is 0 Å². The van der Waals surface area contributed by atoms with E-state index in [-0.39, 0.29) is 6.03 Å². The number of benzene rings is 1. The molecule has 0 aromatic heterocycles. The van der Waals surface area contributed by atoms with E-state index in [2.05, 4.69) is 19.2 Å². The number of methoxy groups -OCH3 is 1. The first kappa shape index (κ1) is 16.1. The van der Waals surface area contributed by atoms with Crippen molar-refractivity contribution in [2.75, 3.05) is 14.2 Å². The van der Waals surface area contributed by atoms with Crippen molar-refractivity contribution in [2.24, 2.45) is 0 Å². The fourth-order valence-corrected chi connectivity index (χ4v) is 2.53. The molecule has 0 unspecified atom stereocenters. The number of hydrogen-bond acceptors (Lipinski definition) is 3. The van der Waals surface area contributed by atoms with E-state index in [0.29, 0.717) is 17.2 Å². The molecule has 0 fully saturated rings. The minimum atomic E-state index is -0.489. The first-order valence-corrected chi connectivity index (χ1v) is 7.30. The van der Waals surface area contributed by atoms with E-state index in [0.717, 1.165) is 5.56 Å². The molecule has 0 aliphatic carbocycles. The van der Waals surface area contributed by atoms with E-state index in [1.807, 2.05) is 24.3 Å². The summed E-state index contributed by atoms with van der Waals surface area (Å²) in [7, 11) is 2.98. The van der Waals surface area contributed by atoms with Gasteiger partial charge in [0.05, 0.1) is 18.7 Å². The summed E-state index contributed by atoms with van der Waals surface area (Å²) >= 11 is 0. The lowest BCUT2D eigenvalue weighted by Crippen LogP contribution is -2.46. The third kappa shape index (κ3) is 2.84. The summed E-state index contributed by atoms with van der Waals surface area (Å²) < 4.78 is 4.88. The maximum Gasteiger partial charge on any atom is 0.337 e. The normalized spacial score (nSPS) is 18.5. The summed E-state index contributed by atoms with van der Waals surface area (Å²) in [5.74, 6) is 0.000715. The molecule has 2 amide bonds. The molecule has 1 heterocycles. The molecular formula is C17H22N2O3. The van der Waals surface area contributed by atoms with E-state index in [1.54, 1.807) is 14.0 Å². The minimum absolute atomic E-state index is 0.233. The maximum atomic E-state index is 12.1. The van der Waals surface area contributed by atoms with Crippen molar-refractivity contribution >= 4 is 12.0 Å². The second-order valence-electron chi connectivity index (χ2n) is 5.75. The summed E-state index contributed by atoms with van der Waals surface area (Å²) in [5, 5.41) is 2.86. The van der Waals surface area contributed by atoms with Gasteiger partial charge in [-0.15, -0.1) is 0 Å². The molecular weight excluding hydrogens is 280 g/mol. The molecule has 1 aromatic rings. The van der Waals surface area contributed by atoms with Crippen LogP contribution in [0.4, 0.5) is 4.79 Å². The van der Waals surface area contributed by atoms with Crippen molar-refractivity contribution in [3.8, 4) is 0 Å². The highest BCUT2D eigenvalue weighted by Gasteiger charge is 2.34. The lowest BCUT2D eigenvalue weighted by atomic mass is 9.93. The second kappa shape index (κ2) is 6.22. The fourth-order valence-electron chi connectivity index (χ4n) is 2.53. The van der Waals surface area contributed by atoms with Crippen LogP contribution in [0.3, 0.4) is 0 Å².